The molecule has 2 rings (SSSR count). The van der Waals surface area contributed by atoms with E-state index in [2.05, 4.69) is 5.32 Å². The molecule has 23 heavy (non-hydrogen) atoms. The second-order valence-electron chi connectivity index (χ2n) is 5.77. The van der Waals surface area contributed by atoms with Gasteiger partial charge in [-0.05, 0) is 50.0 Å². The number of nitrogens with zero attached hydrogens (tertiary/aromatic N) is 1. The molecule has 130 valence electrons. The van der Waals surface area contributed by atoms with Crippen LogP contribution in [0.15, 0.2) is 18.2 Å². The molecule has 1 fully saturated rings. The number of ether oxygens (including phenoxy) is 2. The van der Waals surface area contributed by atoms with Crippen LogP contribution in [-0.4, -0.2) is 51.7 Å². The summed E-state index contributed by atoms with van der Waals surface area (Å²) in [6, 6.07) is 5.77. The molecule has 0 radical (unpaired) electrons. The lowest BCUT2D eigenvalue weighted by atomic mass is 10.1. The Bertz CT molecular complexity index is 488. The summed E-state index contributed by atoms with van der Waals surface area (Å²) in [5.41, 5.74) is 1.07. The van der Waals surface area contributed by atoms with Crippen LogP contribution in [0.5, 0.6) is 11.5 Å². The third-order valence-electron chi connectivity index (χ3n) is 4.17. The van der Waals surface area contributed by atoms with Crippen LogP contribution < -0.4 is 14.8 Å². The van der Waals surface area contributed by atoms with Gasteiger partial charge in [-0.15, -0.1) is 12.4 Å². The molecule has 1 aliphatic rings. The maximum atomic E-state index is 12.3. The van der Waals surface area contributed by atoms with E-state index in [-0.39, 0.29) is 18.3 Å². The number of benzene rings is 1. The number of rotatable bonds is 7. The zero-order chi connectivity index (χ0) is 15.9. The molecule has 1 amide bonds. The number of aryl methyl sites for hydroxylation is 1. The first kappa shape index (κ1) is 19.6. The molecule has 1 heterocycles. The second kappa shape index (κ2) is 9.63. The van der Waals surface area contributed by atoms with Gasteiger partial charge in [0.05, 0.1) is 14.2 Å². The van der Waals surface area contributed by atoms with Crippen molar-refractivity contribution >= 4 is 18.3 Å². The van der Waals surface area contributed by atoms with Crippen molar-refractivity contribution in [2.24, 2.45) is 5.92 Å². The third-order valence-corrected chi connectivity index (χ3v) is 4.17. The summed E-state index contributed by atoms with van der Waals surface area (Å²) in [5.74, 6) is 2.35. The second-order valence-corrected chi connectivity index (χ2v) is 5.77. The van der Waals surface area contributed by atoms with Gasteiger partial charge in [-0.3, -0.25) is 4.79 Å². The summed E-state index contributed by atoms with van der Waals surface area (Å²) in [5, 5.41) is 3.19. The fraction of sp³-hybridized carbons (Fsp3) is 0.588. The molecular formula is C17H27ClN2O3. The number of hydrogen-bond donors (Lipinski definition) is 1. The Labute approximate surface area is 144 Å². The van der Waals surface area contributed by atoms with Crippen LogP contribution in [0, 0.1) is 5.92 Å². The van der Waals surface area contributed by atoms with Crippen LogP contribution in [0.25, 0.3) is 0 Å². The molecule has 5 nitrogen and oxygen atoms in total. The quantitative estimate of drug-likeness (QED) is 0.824. The summed E-state index contributed by atoms with van der Waals surface area (Å²) < 4.78 is 10.5. The van der Waals surface area contributed by atoms with Crippen molar-refractivity contribution in [3.8, 4) is 11.5 Å². The molecule has 1 N–H and O–H groups in total. The zero-order valence-electron chi connectivity index (χ0n) is 14.1. The van der Waals surface area contributed by atoms with Crippen molar-refractivity contribution in [1.29, 1.82) is 0 Å². The van der Waals surface area contributed by atoms with E-state index in [9.17, 15) is 4.79 Å². The molecule has 0 bridgehead atoms. The standard InChI is InChI=1S/C17H26N2O3.ClH/c1-18-11-14-6-7-19(12-14)17(20)5-4-13-8-15(21-2)10-16(9-13)22-3;/h8-10,14,18H,4-7,11-12H2,1-3H3;1H. The highest BCUT2D eigenvalue weighted by Gasteiger charge is 2.25. The Morgan fingerprint density at radius 1 is 1.26 bits per heavy atom. The molecule has 0 saturated carbocycles. The summed E-state index contributed by atoms with van der Waals surface area (Å²) in [6.45, 7) is 2.74. The van der Waals surface area contributed by atoms with Crippen molar-refractivity contribution < 1.29 is 14.3 Å². The number of likely N-dealkylation sites (tertiary alicyclic amines) is 1. The van der Waals surface area contributed by atoms with E-state index >= 15 is 0 Å². The van der Waals surface area contributed by atoms with Crippen LogP contribution in [0.3, 0.4) is 0 Å². The number of amides is 1. The molecule has 1 aliphatic heterocycles. The molecule has 6 heteroatoms. The minimum atomic E-state index is 0. The Balaban J connectivity index is 0.00000264. The van der Waals surface area contributed by atoms with E-state index in [0.29, 0.717) is 18.8 Å². The van der Waals surface area contributed by atoms with Gasteiger partial charge in [0.15, 0.2) is 0 Å². The van der Waals surface area contributed by atoms with Crippen LogP contribution in [0.4, 0.5) is 0 Å². The van der Waals surface area contributed by atoms with E-state index in [1.807, 2.05) is 30.1 Å². The molecule has 1 aromatic rings. The summed E-state index contributed by atoms with van der Waals surface area (Å²) >= 11 is 0. The van der Waals surface area contributed by atoms with Crippen molar-refractivity contribution in [3.63, 3.8) is 0 Å². The number of carbonyl (C=O) groups is 1. The minimum Gasteiger partial charge on any atom is -0.497 e. The van der Waals surface area contributed by atoms with Crippen LogP contribution in [-0.2, 0) is 11.2 Å². The maximum Gasteiger partial charge on any atom is 0.222 e. The van der Waals surface area contributed by atoms with E-state index < -0.39 is 0 Å². The number of carbonyl (C=O) groups excluding carboxylic acids is 1. The average molecular weight is 343 g/mol. The highest BCUT2D eigenvalue weighted by atomic mass is 35.5. The van der Waals surface area contributed by atoms with Gasteiger partial charge in [0.2, 0.25) is 5.91 Å². The van der Waals surface area contributed by atoms with E-state index in [4.69, 9.17) is 9.47 Å². The van der Waals surface area contributed by atoms with Gasteiger partial charge in [0.25, 0.3) is 0 Å². The molecule has 0 aliphatic carbocycles. The SMILES string of the molecule is CNCC1CCN(C(=O)CCc2cc(OC)cc(OC)c2)C1.Cl. The van der Waals surface area contributed by atoms with Crippen molar-refractivity contribution in [2.75, 3.05) is 40.9 Å². The summed E-state index contributed by atoms with van der Waals surface area (Å²) in [7, 11) is 5.23. The molecule has 1 unspecified atom stereocenters. The third kappa shape index (κ3) is 5.59. The Kier molecular flexibility index (Phi) is 8.20. The molecule has 0 spiro atoms. The minimum absolute atomic E-state index is 0. The highest BCUT2D eigenvalue weighted by Crippen LogP contribution is 2.24. The maximum absolute atomic E-state index is 12.3. The van der Waals surface area contributed by atoms with Gasteiger partial charge < -0.3 is 19.7 Å². The first-order chi connectivity index (χ1) is 10.7. The molecular weight excluding hydrogens is 316 g/mol. The van der Waals surface area contributed by atoms with Crippen molar-refractivity contribution in [2.45, 2.75) is 19.3 Å². The highest BCUT2D eigenvalue weighted by molar-refractivity contribution is 5.85. The fourth-order valence-electron chi connectivity index (χ4n) is 2.93. The van der Waals surface area contributed by atoms with Gasteiger partial charge in [0, 0.05) is 25.6 Å². The van der Waals surface area contributed by atoms with Gasteiger partial charge in [-0.25, -0.2) is 0 Å². The Hall–Kier alpha value is -1.46. The van der Waals surface area contributed by atoms with Crippen molar-refractivity contribution in [3.05, 3.63) is 23.8 Å². The largest absolute Gasteiger partial charge is 0.497 e. The molecule has 1 aromatic carbocycles. The van der Waals surface area contributed by atoms with Crippen LogP contribution in [0.1, 0.15) is 18.4 Å². The summed E-state index contributed by atoms with van der Waals surface area (Å²) in [4.78, 5) is 14.3. The van der Waals surface area contributed by atoms with E-state index in [1.165, 1.54) is 0 Å². The van der Waals surface area contributed by atoms with Gasteiger partial charge >= 0.3 is 0 Å². The predicted octanol–water partition coefficient (Wildman–Crippen LogP) is 2.13. The van der Waals surface area contributed by atoms with Crippen molar-refractivity contribution in [1.82, 2.24) is 10.2 Å². The molecule has 1 atom stereocenters. The molecule has 1 saturated heterocycles. The predicted molar refractivity (Wildman–Crippen MR) is 93.7 cm³/mol. The topological polar surface area (TPSA) is 50.8 Å². The Morgan fingerprint density at radius 2 is 1.91 bits per heavy atom. The lowest BCUT2D eigenvalue weighted by Gasteiger charge is -2.17. The van der Waals surface area contributed by atoms with Crippen LogP contribution in [0.2, 0.25) is 0 Å². The van der Waals surface area contributed by atoms with Gasteiger partial charge in [-0.2, -0.15) is 0 Å². The Morgan fingerprint density at radius 3 is 2.48 bits per heavy atom. The van der Waals surface area contributed by atoms with Crippen LogP contribution >= 0.6 is 12.4 Å². The smallest absolute Gasteiger partial charge is 0.222 e. The summed E-state index contributed by atoms with van der Waals surface area (Å²) in [6.07, 6.45) is 2.34. The number of nitrogens with one attached hydrogen (secondary N) is 1. The first-order valence-corrected chi connectivity index (χ1v) is 7.80. The number of methoxy groups -OCH3 is 2. The average Bonchev–Trinajstić information content (AvgIpc) is 3.01. The van der Waals surface area contributed by atoms with Gasteiger partial charge in [-0.1, -0.05) is 0 Å². The molecule has 0 aromatic heterocycles. The lowest BCUT2D eigenvalue weighted by molar-refractivity contribution is -0.130. The fourth-order valence-corrected chi connectivity index (χ4v) is 2.93. The number of halogens is 1. The van der Waals surface area contributed by atoms with E-state index in [1.54, 1.807) is 14.2 Å². The van der Waals surface area contributed by atoms with Gasteiger partial charge in [0.1, 0.15) is 11.5 Å². The van der Waals surface area contributed by atoms with E-state index in [0.717, 1.165) is 43.1 Å². The monoisotopic (exact) mass is 342 g/mol. The lowest BCUT2D eigenvalue weighted by Crippen LogP contribution is -2.30. The number of hydrogen-bond acceptors (Lipinski definition) is 4. The normalized spacial score (nSPS) is 16.8. The first-order valence-electron chi connectivity index (χ1n) is 7.80. The zero-order valence-corrected chi connectivity index (χ0v) is 14.9.